The highest BCUT2D eigenvalue weighted by Gasteiger charge is 2.22. The smallest absolute Gasteiger partial charge is 0.310 e. The fourth-order valence-electron chi connectivity index (χ4n) is 2.55. The third-order valence-electron chi connectivity index (χ3n) is 3.73. The quantitative estimate of drug-likeness (QED) is 0.489. The molecule has 0 saturated heterocycles. The first-order valence-corrected chi connectivity index (χ1v) is 7.28. The van der Waals surface area contributed by atoms with Crippen LogP contribution in [0.5, 0.6) is 0 Å². The Morgan fingerprint density at radius 2 is 2.00 bits per heavy atom. The Hall–Kier alpha value is -0.530. The first-order chi connectivity index (χ1) is 8.24. The van der Waals surface area contributed by atoms with E-state index < -0.39 is 0 Å². The minimum absolute atomic E-state index is 0.102. The third kappa shape index (κ3) is 6.09. The summed E-state index contributed by atoms with van der Waals surface area (Å²) in [6, 6.07) is 0. The normalized spacial score (nSPS) is 18.9. The predicted molar refractivity (Wildman–Crippen MR) is 70.6 cm³/mol. The van der Waals surface area contributed by atoms with Gasteiger partial charge in [0.2, 0.25) is 0 Å². The molecule has 0 amide bonds. The van der Waals surface area contributed by atoms with Crippen molar-refractivity contribution in [3.8, 4) is 0 Å². The number of carbonyl (C=O) groups excluding carboxylic acids is 1. The molecule has 1 fully saturated rings. The molecule has 0 bridgehead atoms. The number of carbonyl (C=O) groups is 1. The number of rotatable bonds is 7. The summed E-state index contributed by atoms with van der Waals surface area (Å²) in [4.78, 5) is 11.6. The minimum Gasteiger partial charge on any atom is -0.462 e. The maximum atomic E-state index is 11.6. The molecular weight excluding hydrogens is 212 g/mol. The molecule has 1 rings (SSSR count). The number of hydrogen-bond donors (Lipinski definition) is 0. The van der Waals surface area contributed by atoms with Crippen LogP contribution in [0.4, 0.5) is 0 Å². The molecule has 0 aliphatic heterocycles. The van der Waals surface area contributed by atoms with Crippen LogP contribution >= 0.6 is 0 Å². The van der Waals surface area contributed by atoms with Gasteiger partial charge in [0, 0.05) is 0 Å². The lowest BCUT2D eigenvalue weighted by Crippen LogP contribution is -2.26. The van der Waals surface area contributed by atoms with Crippen LogP contribution in [-0.2, 0) is 9.53 Å². The first kappa shape index (κ1) is 14.5. The molecule has 2 heteroatoms. The molecule has 1 aliphatic rings. The lowest BCUT2D eigenvalue weighted by molar-refractivity contribution is -0.147. The van der Waals surface area contributed by atoms with Gasteiger partial charge in [-0.3, -0.25) is 4.79 Å². The second-order valence-corrected chi connectivity index (χ2v) is 5.24. The van der Waals surface area contributed by atoms with Crippen LogP contribution in [0.25, 0.3) is 0 Å². The van der Waals surface area contributed by atoms with Crippen LogP contribution in [0.1, 0.15) is 71.6 Å². The fraction of sp³-hybridized carbons (Fsp3) is 0.867. The van der Waals surface area contributed by atoms with E-state index in [1.165, 1.54) is 44.9 Å². The van der Waals surface area contributed by atoms with Crippen LogP contribution in [-0.4, -0.2) is 12.1 Å². The molecule has 0 heterocycles. The zero-order chi connectivity index (χ0) is 12.5. The van der Waals surface area contributed by atoms with Gasteiger partial charge in [-0.25, -0.2) is 0 Å². The van der Waals surface area contributed by atoms with Crippen LogP contribution in [0.15, 0.2) is 0 Å². The van der Waals surface area contributed by atoms with Crippen LogP contribution in [0.2, 0.25) is 0 Å². The standard InChI is InChI=1S/C15H27O2/c1-3-4-5-9-12-15(16)17-13(2)14-10-7-6-8-11-14/h12-14H,3-11H2,1-2H3. The Morgan fingerprint density at radius 3 is 2.65 bits per heavy atom. The molecule has 1 radical (unpaired) electrons. The molecule has 17 heavy (non-hydrogen) atoms. The number of hydrogen-bond acceptors (Lipinski definition) is 2. The lowest BCUT2D eigenvalue weighted by Gasteiger charge is -2.27. The van der Waals surface area contributed by atoms with E-state index in [1.54, 1.807) is 6.42 Å². The van der Waals surface area contributed by atoms with Crippen molar-refractivity contribution in [3.63, 3.8) is 0 Å². The summed E-state index contributed by atoms with van der Waals surface area (Å²) in [5, 5.41) is 0. The Balaban J connectivity index is 2.11. The molecule has 1 aliphatic carbocycles. The molecule has 1 saturated carbocycles. The van der Waals surface area contributed by atoms with Gasteiger partial charge in [-0.2, -0.15) is 0 Å². The first-order valence-electron chi connectivity index (χ1n) is 7.28. The molecule has 0 N–H and O–H groups in total. The van der Waals surface area contributed by atoms with E-state index in [2.05, 4.69) is 6.92 Å². The zero-order valence-electron chi connectivity index (χ0n) is 11.4. The summed E-state index contributed by atoms with van der Waals surface area (Å²) >= 11 is 0. The molecule has 0 aromatic heterocycles. The van der Waals surface area contributed by atoms with E-state index in [4.69, 9.17) is 4.74 Å². The second-order valence-electron chi connectivity index (χ2n) is 5.24. The van der Waals surface area contributed by atoms with Crippen molar-refractivity contribution in [3.05, 3.63) is 6.42 Å². The average Bonchev–Trinajstić information content (AvgIpc) is 2.36. The average molecular weight is 239 g/mol. The summed E-state index contributed by atoms with van der Waals surface area (Å²) in [6.45, 7) is 4.22. The summed E-state index contributed by atoms with van der Waals surface area (Å²) in [5.74, 6) is 0.482. The molecule has 2 nitrogen and oxygen atoms in total. The third-order valence-corrected chi connectivity index (χ3v) is 3.73. The Morgan fingerprint density at radius 1 is 1.29 bits per heavy atom. The van der Waals surface area contributed by atoms with E-state index in [0.29, 0.717) is 5.92 Å². The number of esters is 1. The molecule has 1 atom stereocenters. The highest BCUT2D eigenvalue weighted by molar-refractivity contribution is 5.78. The van der Waals surface area contributed by atoms with Crippen molar-refractivity contribution in [1.29, 1.82) is 0 Å². The van der Waals surface area contributed by atoms with Gasteiger partial charge in [0.05, 0.1) is 6.42 Å². The van der Waals surface area contributed by atoms with Gasteiger partial charge in [0.1, 0.15) is 6.10 Å². The molecule has 1 unspecified atom stereocenters. The van der Waals surface area contributed by atoms with Gasteiger partial charge < -0.3 is 4.74 Å². The summed E-state index contributed by atoms with van der Waals surface area (Å²) < 4.78 is 5.48. The molecule has 0 aromatic rings. The van der Waals surface area contributed by atoms with Gasteiger partial charge in [0.15, 0.2) is 0 Å². The predicted octanol–water partition coefficient (Wildman–Crippen LogP) is 4.28. The highest BCUT2D eigenvalue weighted by atomic mass is 16.5. The summed E-state index contributed by atoms with van der Waals surface area (Å²) in [7, 11) is 0. The van der Waals surface area contributed by atoms with E-state index in [1.807, 2.05) is 6.92 Å². The van der Waals surface area contributed by atoms with Gasteiger partial charge >= 0.3 is 5.97 Å². The van der Waals surface area contributed by atoms with Gasteiger partial charge in [-0.1, -0.05) is 45.4 Å². The van der Waals surface area contributed by atoms with Gasteiger partial charge in [-0.05, 0) is 32.1 Å². The highest BCUT2D eigenvalue weighted by Crippen LogP contribution is 2.27. The monoisotopic (exact) mass is 239 g/mol. The fourth-order valence-corrected chi connectivity index (χ4v) is 2.55. The van der Waals surface area contributed by atoms with E-state index in [0.717, 1.165) is 12.8 Å². The Kier molecular flexibility index (Phi) is 7.30. The van der Waals surface area contributed by atoms with Crippen LogP contribution in [0, 0.1) is 12.3 Å². The van der Waals surface area contributed by atoms with Crippen molar-refractivity contribution < 1.29 is 9.53 Å². The molecule has 99 valence electrons. The largest absolute Gasteiger partial charge is 0.462 e. The Bertz CT molecular complexity index is 207. The number of unbranched alkanes of at least 4 members (excludes halogenated alkanes) is 3. The lowest BCUT2D eigenvalue weighted by atomic mass is 9.86. The van der Waals surface area contributed by atoms with Crippen molar-refractivity contribution in [2.24, 2.45) is 5.92 Å². The van der Waals surface area contributed by atoms with E-state index in [9.17, 15) is 4.79 Å². The topological polar surface area (TPSA) is 26.3 Å². The number of ether oxygens (including phenoxy) is 1. The summed E-state index contributed by atoms with van der Waals surface area (Å²) in [6.07, 6.45) is 12.6. The van der Waals surface area contributed by atoms with Gasteiger partial charge in [-0.15, -0.1) is 0 Å². The molecular formula is C15H27O2. The molecule has 0 spiro atoms. The zero-order valence-corrected chi connectivity index (χ0v) is 11.4. The minimum atomic E-state index is -0.112. The SMILES string of the molecule is CCCCC[CH]C(=O)OC(C)C1CCCCC1. The molecule has 0 aromatic carbocycles. The van der Waals surface area contributed by atoms with E-state index >= 15 is 0 Å². The summed E-state index contributed by atoms with van der Waals surface area (Å²) in [5.41, 5.74) is 0. The van der Waals surface area contributed by atoms with Crippen molar-refractivity contribution >= 4 is 5.97 Å². The van der Waals surface area contributed by atoms with Crippen LogP contribution < -0.4 is 0 Å². The maximum absolute atomic E-state index is 11.6. The van der Waals surface area contributed by atoms with E-state index in [-0.39, 0.29) is 12.1 Å². The van der Waals surface area contributed by atoms with Crippen molar-refractivity contribution in [1.82, 2.24) is 0 Å². The van der Waals surface area contributed by atoms with Crippen molar-refractivity contribution in [2.45, 2.75) is 77.7 Å². The Labute approximate surface area is 106 Å². The maximum Gasteiger partial charge on any atom is 0.310 e. The van der Waals surface area contributed by atoms with Crippen LogP contribution in [0.3, 0.4) is 0 Å². The second kappa shape index (κ2) is 8.54. The van der Waals surface area contributed by atoms with Crippen molar-refractivity contribution in [2.75, 3.05) is 0 Å². The van der Waals surface area contributed by atoms with Gasteiger partial charge in [0.25, 0.3) is 0 Å².